The van der Waals surface area contributed by atoms with E-state index >= 15 is 0 Å². The molecular weight excluding hydrogens is 417 g/mol. The third kappa shape index (κ3) is 7.24. The number of nitrogens with zero attached hydrogens (tertiary/aromatic N) is 3. The highest BCUT2D eigenvalue weighted by molar-refractivity contribution is 5.81. The summed E-state index contributed by atoms with van der Waals surface area (Å²) in [6, 6.07) is 15.5. The maximum atomic E-state index is 13.0. The van der Waals surface area contributed by atoms with Crippen molar-refractivity contribution in [1.29, 1.82) is 0 Å². The Bertz CT molecular complexity index is 887. The van der Waals surface area contributed by atoms with Crippen LogP contribution in [0.4, 0.5) is 18.9 Å². The lowest BCUT2D eigenvalue weighted by atomic mass is 9.97. The molecule has 1 amide bonds. The fourth-order valence-electron chi connectivity index (χ4n) is 3.92. The first-order chi connectivity index (χ1) is 15.2. The molecule has 3 rings (SSSR count). The molecule has 0 aromatic heterocycles. The summed E-state index contributed by atoms with van der Waals surface area (Å²) in [4.78, 5) is 18.3. The molecule has 1 N–H and O–H groups in total. The molecule has 32 heavy (non-hydrogen) atoms. The van der Waals surface area contributed by atoms with Crippen LogP contribution in [0.15, 0.2) is 48.5 Å². The summed E-state index contributed by atoms with van der Waals surface area (Å²) in [5, 5.41) is 3.24. The van der Waals surface area contributed by atoms with Crippen molar-refractivity contribution in [2.75, 3.05) is 52.1 Å². The van der Waals surface area contributed by atoms with E-state index in [2.05, 4.69) is 5.32 Å². The summed E-state index contributed by atoms with van der Waals surface area (Å²) >= 11 is 0. The average Bonchev–Trinajstić information content (AvgIpc) is 2.74. The van der Waals surface area contributed by atoms with Crippen LogP contribution >= 0.6 is 0 Å². The topological polar surface area (TPSA) is 38.8 Å². The van der Waals surface area contributed by atoms with Gasteiger partial charge in [0.2, 0.25) is 5.91 Å². The van der Waals surface area contributed by atoms with E-state index < -0.39 is 12.7 Å². The molecular formula is C24H31F3N4O. The third-order valence-electron chi connectivity index (χ3n) is 5.56. The van der Waals surface area contributed by atoms with Crippen LogP contribution in [0.2, 0.25) is 0 Å². The highest BCUT2D eigenvalue weighted by Crippen LogP contribution is 2.28. The number of nitrogens with one attached hydrogen (secondary N) is 1. The van der Waals surface area contributed by atoms with Gasteiger partial charge in [-0.05, 0) is 43.3 Å². The van der Waals surface area contributed by atoms with Crippen molar-refractivity contribution in [3.8, 4) is 0 Å². The number of alkyl halides is 3. The number of likely N-dealkylation sites (N-methyl/N-ethyl adjacent to an activating group) is 1. The van der Waals surface area contributed by atoms with Crippen LogP contribution in [0.3, 0.4) is 0 Å². The molecule has 0 aliphatic carbocycles. The zero-order valence-electron chi connectivity index (χ0n) is 18.7. The lowest BCUT2D eigenvalue weighted by Gasteiger charge is -2.31. The zero-order valence-corrected chi connectivity index (χ0v) is 18.7. The van der Waals surface area contributed by atoms with Crippen molar-refractivity contribution in [3.05, 3.63) is 65.2 Å². The Morgan fingerprint density at radius 1 is 1.06 bits per heavy atom. The predicted octanol–water partition coefficient (Wildman–Crippen LogP) is 3.61. The Hall–Kier alpha value is -2.58. The summed E-state index contributed by atoms with van der Waals surface area (Å²) in [5.41, 5.74) is 3.78. The van der Waals surface area contributed by atoms with Crippen LogP contribution in [-0.4, -0.2) is 73.6 Å². The van der Waals surface area contributed by atoms with E-state index in [4.69, 9.17) is 0 Å². The number of benzene rings is 2. The van der Waals surface area contributed by atoms with Gasteiger partial charge in [0.05, 0.1) is 13.1 Å². The smallest absolute Gasteiger partial charge is 0.376 e. The Balaban J connectivity index is 1.64. The highest BCUT2D eigenvalue weighted by atomic mass is 19.4. The molecule has 1 heterocycles. The van der Waals surface area contributed by atoms with Gasteiger partial charge >= 0.3 is 6.18 Å². The molecule has 8 heteroatoms. The van der Waals surface area contributed by atoms with Crippen molar-refractivity contribution in [1.82, 2.24) is 14.7 Å². The highest BCUT2D eigenvalue weighted by Gasteiger charge is 2.32. The van der Waals surface area contributed by atoms with Gasteiger partial charge in [0.15, 0.2) is 0 Å². The number of anilines is 1. The number of carbonyl (C=O) groups excluding carboxylic acids is 1. The molecule has 2 aromatic rings. The van der Waals surface area contributed by atoms with E-state index in [1.807, 2.05) is 72.4 Å². The van der Waals surface area contributed by atoms with E-state index in [1.165, 1.54) is 4.90 Å². The van der Waals surface area contributed by atoms with Crippen molar-refractivity contribution < 1.29 is 18.0 Å². The monoisotopic (exact) mass is 448 g/mol. The second-order valence-electron chi connectivity index (χ2n) is 8.48. The maximum Gasteiger partial charge on any atom is 0.401 e. The molecule has 1 aliphatic heterocycles. The maximum absolute atomic E-state index is 13.0. The summed E-state index contributed by atoms with van der Waals surface area (Å²) < 4.78 is 38.3. The van der Waals surface area contributed by atoms with Crippen LogP contribution in [0.1, 0.15) is 16.7 Å². The molecule has 0 unspecified atom stereocenters. The number of hydrogen-bond acceptors (Lipinski definition) is 4. The van der Waals surface area contributed by atoms with E-state index in [0.717, 1.165) is 28.9 Å². The van der Waals surface area contributed by atoms with Crippen LogP contribution in [0.5, 0.6) is 0 Å². The van der Waals surface area contributed by atoms with Gasteiger partial charge in [0, 0.05) is 38.4 Å². The molecule has 0 saturated carbocycles. The molecule has 0 bridgehead atoms. The third-order valence-corrected chi connectivity index (χ3v) is 5.56. The number of rotatable bonds is 9. The molecule has 5 nitrogen and oxygen atoms in total. The fourth-order valence-corrected chi connectivity index (χ4v) is 3.92. The quantitative estimate of drug-likeness (QED) is 0.636. The zero-order chi connectivity index (χ0) is 23.1. The lowest BCUT2D eigenvalue weighted by molar-refractivity contribution is -0.147. The van der Waals surface area contributed by atoms with Gasteiger partial charge in [0.25, 0.3) is 0 Å². The van der Waals surface area contributed by atoms with Gasteiger partial charge in [0.1, 0.15) is 0 Å². The molecule has 0 fully saturated rings. The largest absolute Gasteiger partial charge is 0.401 e. The number of amides is 1. The Kier molecular flexibility index (Phi) is 8.15. The molecule has 174 valence electrons. The minimum Gasteiger partial charge on any atom is -0.376 e. The van der Waals surface area contributed by atoms with Gasteiger partial charge in [-0.3, -0.25) is 9.69 Å². The van der Waals surface area contributed by atoms with Crippen molar-refractivity contribution in [2.24, 2.45) is 0 Å². The van der Waals surface area contributed by atoms with E-state index in [1.54, 1.807) is 0 Å². The van der Waals surface area contributed by atoms with Gasteiger partial charge in [-0.15, -0.1) is 0 Å². The van der Waals surface area contributed by atoms with Gasteiger partial charge in [-0.1, -0.05) is 42.5 Å². The lowest BCUT2D eigenvalue weighted by Crippen LogP contribution is -2.40. The second-order valence-corrected chi connectivity index (χ2v) is 8.48. The van der Waals surface area contributed by atoms with E-state index in [0.29, 0.717) is 26.1 Å². The average molecular weight is 449 g/mol. The van der Waals surface area contributed by atoms with Crippen LogP contribution in [0, 0.1) is 0 Å². The number of halogens is 3. The summed E-state index contributed by atoms with van der Waals surface area (Å²) in [7, 11) is 3.95. The summed E-state index contributed by atoms with van der Waals surface area (Å²) in [5.74, 6) is -0.0113. The molecule has 0 atom stereocenters. The first-order valence-corrected chi connectivity index (χ1v) is 10.8. The minimum atomic E-state index is -4.20. The number of hydrogen-bond donors (Lipinski definition) is 1. The van der Waals surface area contributed by atoms with Crippen molar-refractivity contribution >= 4 is 11.6 Å². The number of fused-ring (bicyclic) bond motifs is 1. The standard InChI is InChI=1S/C24H31F3N4O/c1-29(2)13-14-31(16-19-7-4-3-5-8-19)23(32)15-28-22-10-6-9-20-17-30(12-11-21(20)22)18-24(25,26)27/h3-10,28H,11-18H2,1-2H3. The molecule has 0 radical (unpaired) electrons. The van der Waals surface area contributed by atoms with E-state index in [-0.39, 0.29) is 19.0 Å². The number of carbonyl (C=O) groups is 1. The van der Waals surface area contributed by atoms with Gasteiger partial charge in [-0.2, -0.15) is 13.2 Å². The Morgan fingerprint density at radius 2 is 1.81 bits per heavy atom. The van der Waals surface area contributed by atoms with Gasteiger partial charge < -0.3 is 15.1 Å². The first kappa shape index (κ1) is 24.1. The molecule has 1 aliphatic rings. The minimum absolute atomic E-state index is 0.0113. The van der Waals surface area contributed by atoms with Crippen LogP contribution in [0.25, 0.3) is 0 Å². The first-order valence-electron chi connectivity index (χ1n) is 10.8. The van der Waals surface area contributed by atoms with Crippen molar-refractivity contribution in [2.45, 2.75) is 25.7 Å². The summed E-state index contributed by atoms with van der Waals surface area (Å²) in [6.07, 6.45) is -3.67. The molecule has 0 saturated heterocycles. The van der Waals surface area contributed by atoms with Gasteiger partial charge in [-0.25, -0.2) is 0 Å². The van der Waals surface area contributed by atoms with Crippen LogP contribution in [-0.2, 0) is 24.3 Å². The molecule has 2 aromatic carbocycles. The summed E-state index contributed by atoms with van der Waals surface area (Å²) in [6.45, 7) is 1.76. The normalized spacial score (nSPS) is 14.3. The Morgan fingerprint density at radius 3 is 2.50 bits per heavy atom. The van der Waals surface area contributed by atoms with Crippen molar-refractivity contribution in [3.63, 3.8) is 0 Å². The SMILES string of the molecule is CN(C)CCN(Cc1ccccc1)C(=O)CNc1cccc2c1CCN(CC(F)(F)F)C2. The molecule has 0 spiro atoms. The Labute approximate surface area is 187 Å². The fraction of sp³-hybridized carbons (Fsp3) is 0.458. The second kappa shape index (κ2) is 10.8. The van der Waals surface area contributed by atoms with Crippen LogP contribution < -0.4 is 5.32 Å². The predicted molar refractivity (Wildman–Crippen MR) is 120 cm³/mol. The van der Waals surface area contributed by atoms with E-state index in [9.17, 15) is 18.0 Å².